The summed E-state index contributed by atoms with van der Waals surface area (Å²) in [4.78, 5) is 4.78. The Kier molecular flexibility index (Phi) is 18.6. The molecular weight excluding hydrogens is 1260 g/mol. The van der Waals surface area contributed by atoms with E-state index >= 15 is 0 Å². The van der Waals surface area contributed by atoms with Gasteiger partial charge in [0.15, 0.2) is 0 Å². The highest BCUT2D eigenvalue weighted by molar-refractivity contribution is 6.24. The SMILES string of the molecule is Cc1ccc(-c2c3ccccc3c(-c3ccc(C)cc3)c3cc4ccccc4cc23)cc1.Cc1ccc(-c2c3ccccc3c(-c3ccc(C)cc3)c3ccccc23)cc1.Cc1ccc(-c2c3ccccc3nc3ccccc23)cc1.Cc1ccc(-c2ccc(-c3ccc(C)cc3)c3ccccc23)cc1. The molecule has 0 N–H and O–H groups in total. The normalized spacial score (nSPS) is 11.2. The Bertz CT molecular complexity index is 5960. The lowest BCUT2D eigenvalue weighted by Gasteiger charge is -2.19. The van der Waals surface area contributed by atoms with Crippen LogP contribution in [0, 0.1) is 48.5 Å². The third-order valence-electron chi connectivity index (χ3n) is 20.8. The Morgan fingerprint density at radius 1 is 0.152 bits per heavy atom. The summed E-state index contributed by atoms with van der Waals surface area (Å²) in [6.45, 7) is 14.9. The average Bonchev–Trinajstić information content (AvgIpc) is 0.732. The molecule has 0 saturated carbocycles. The number of hydrogen-bond donors (Lipinski definition) is 0. The van der Waals surface area contributed by atoms with E-state index < -0.39 is 0 Å². The van der Waals surface area contributed by atoms with E-state index in [-0.39, 0.29) is 0 Å². The molecule has 0 saturated heterocycles. The van der Waals surface area contributed by atoms with E-state index in [0.717, 1.165) is 11.0 Å². The summed E-state index contributed by atoms with van der Waals surface area (Å²) in [6, 6.07) is 132. The van der Waals surface area contributed by atoms with E-state index in [1.54, 1.807) is 0 Å². The van der Waals surface area contributed by atoms with Gasteiger partial charge in [-0.25, -0.2) is 4.98 Å². The highest BCUT2D eigenvalue weighted by Gasteiger charge is 2.20. The first kappa shape index (κ1) is 66.7. The lowest BCUT2D eigenvalue weighted by Crippen LogP contribution is -1.91. The number of fused-ring (bicyclic) bond motifs is 8. The molecule has 1 heteroatoms. The predicted octanol–water partition coefficient (Wildman–Crippen LogP) is 29.2. The van der Waals surface area contributed by atoms with Gasteiger partial charge in [0.25, 0.3) is 0 Å². The Hall–Kier alpha value is -12.8. The minimum absolute atomic E-state index is 1.05. The van der Waals surface area contributed by atoms with E-state index in [9.17, 15) is 0 Å². The number of para-hydroxylation sites is 2. The van der Waals surface area contributed by atoms with E-state index in [1.165, 1.54) is 192 Å². The molecule has 18 aromatic carbocycles. The van der Waals surface area contributed by atoms with Crippen LogP contribution in [0.1, 0.15) is 38.9 Å². The van der Waals surface area contributed by atoms with Crippen LogP contribution < -0.4 is 0 Å². The van der Waals surface area contributed by atoms with Crippen molar-refractivity contribution < 1.29 is 0 Å². The van der Waals surface area contributed by atoms with Crippen LogP contribution in [0.5, 0.6) is 0 Å². The van der Waals surface area contributed by atoms with Crippen LogP contribution in [0.3, 0.4) is 0 Å². The molecular formula is C104H81N. The fourth-order valence-corrected chi connectivity index (χ4v) is 15.3. The molecule has 0 bridgehead atoms. The summed E-state index contributed by atoms with van der Waals surface area (Å²) in [6.07, 6.45) is 0. The minimum atomic E-state index is 1.05. The molecule has 0 aliphatic heterocycles. The van der Waals surface area contributed by atoms with Crippen LogP contribution in [0.4, 0.5) is 0 Å². The summed E-state index contributed by atoms with van der Waals surface area (Å²) >= 11 is 0. The van der Waals surface area contributed by atoms with Crippen LogP contribution in [0.2, 0.25) is 0 Å². The number of rotatable bonds is 7. The van der Waals surface area contributed by atoms with Gasteiger partial charge in [-0.05, 0) is 210 Å². The maximum absolute atomic E-state index is 4.78. The van der Waals surface area contributed by atoms with Crippen LogP contribution in [0.15, 0.2) is 364 Å². The summed E-state index contributed by atoms with van der Waals surface area (Å²) in [5.41, 5.74) is 29.1. The monoisotopic (exact) mass is 1340 g/mol. The third kappa shape index (κ3) is 13.6. The molecule has 502 valence electrons. The molecule has 0 aliphatic rings. The first-order valence-corrected chi connectivity index (χ1v) is 36.6. The van der Waals surface area contributed by atoms with Crippen molar-refractivity contribution in [1.29, 1.82) is 0 Å². The fourth-order valence-electron chi connectivity index (χ4n) is 15.3. The highest BCUT2D eigenvalue weighted by atomic mass is 14.7. The largest absolute Gasteiger partial charge is 0.248 e. The van der Waals surface area contributed by atoms with Crippen LogP contribution >= 0.6 is 0 Å². The zero-order valence-corrected chi connectivity index (χ0v) is 60.6. The van der Waals surface area contributed by atoms with Gasteiger partial charge in [-0.3, -0.25) is 0 Å². The van der Waals surface area contributed by atoms with E-state index in [2.05, 4.69) is 400 Å². The smallest absolute Gasteiger partial charge is 0.0715 e. The molecule has 0 aliphatic carbocycles. The van der Waals surface area contributed by atoms with E-state index in [4.69, 9.17) is 4.98 Å². The number of hydrogen-bond acceptors (Lipinski definition) is 1. The maximum atomic E-state index is 4.78. The van der Waals surface area contributed by atoms with Gasteiger partial charge < -0.3 is 0 Å². The lowest BCUT2D eigenvalue weighted by atomic mass is 9.84. The van der Waals surface area contributed by atoms with Crippen LogP contribution in [0.25, 0.3) is 164 Å². The third-order valence-corrected chi connectivity index (χ3v) is 20.8. The average molecular weight is 1340 g/mol. The molecule has 105 heavy (non-hydrogen) atoms. The molecule has 19 rings (SSSR count). The second-order valence-electron chi connectivity index (χ2n) is 28.2. The van der Waals surface area contributed by atoms with Gasteiger partial charge in [0, 0.05) is 16.3 Å². The topological polar surface area (TPSA) is 12.9 Å². The molecule has 0 radical (unpaired) electrons. The summed E-state index contributed by atoms with van der Waals surface area (Å²) < 4.78 is 0. The van der Waals surface area contributed by atoms with Gasteiger partial charge in [-0.2, -0.15) is 0 Å². The van der Waals surface area contributed by atoms with Gasteiger partial charge >= 0.3 is 0 Å². The van der Waals surface area contributed by atoms with Crippen molar-refractivity contribution in [2.45, 2.75) is 48.5 Å². The zero-order chi connectivity index (χ0) is 71.5. The highest BCUT2D eigenvalue weighted by Crippen LogP contribution is 2.47. The Morgan fingerprint density at radius 2 is 0.343 bits per heavy atom. The van der Waals surface area contributed by atoms with Crippen molar-refractivity contribution in [3.05, 3.63) is 403 Å². The first-order chi connectivity index (χ1) is 51.5. The van der Waals surface area contributed by atoms with Gasteiger partial charge in [0.1, 0.15) is 0 Å². The number of aromatic nitrogens is 1. The summed E-state index contributed by atoms with van der Waals surface area (Å²) in [5.74, 6) is 0. The van der Waals surface area contributed by atoms with Gasteiger partial charge in [-0.1, -0.05) is 379 Å². The molecule has 1 heterocycles. The van der Waals surface area contributed by atoms with Gasteiger partial charge in [0.05, 0.1) is 11.0 Å². The molecule has 0 atom stereocenters. The van der Waals surface area contributed by atoms with Crippen molar-refractivity contribution in [3.63, 3.8) is 0 Å². The number of benzene rings is 18. The molecule has 1 aromatic heterocycles. The van der Waals surface area contributed by atoms with Crippen molar-refractivity contribution in [3.8, 4) is 77.9 Å². The molecule has 0 unspecified atom stereocenters. The van der Waals surface area contributed by atoms with Crippen molar-refractivity contribution in [2.24, 2.45) is 0 Å². The number of aryl methyl sites for hydroxylation is 7. The molecule has 0 amide bonds. The molecule has 0 spiro atoms. The molecule has 19 aromatic rings. The van der Waals surface area contributed by atoms with E-state index in [1.807, 2.05) is 12.1 Å². The predicted molar refractivity (Wildman–Crippen MR) is 455 cm³/mol. The summed E-state index contributed by atoms with van der Waals surface area (Å²) in [5, 5.41) is 18.0. The van der Waals surface area contributed by atoms with Gasteiger partial charge in [-0.15, -0.1) is 0 Å². The molecule has 1 nitrogen and oxygen atoms in total. The molecule has 0 fully saturated rings. The summed E-state index contributed by atoms with van der Waals surface area (Å²) in [7, 11) is 0. The minimum Gasteiger partial charge on any atom is -0.248 e. The standard InChI is InChI=1S/C32H24.C28H22.C24H20.C20H15N/c1-21-11-15-23(16-12-21)31-27-9-5-6-10-28(27)32(24-17-13-22(2)14-18-24)30-20-26-8-4-3-7-25(26)19-29(30)31;1-19-11-15-21(16-12-19)27-23-7-3-5-9-25(23)28(22-17-13-20(2)14-18-22)26-10-6-4-8-24(26)27;1-17-7-11-19(12-8-17)21-15-16-22(20-13-9-18(2)10-14-20)24-6-4-3-5-23(21)24;1-14-10-12-15(13-11-14)20-16-6-2-4-8-18(16)21-19-9-5-3-7-17(19)20/h3-20H,1-2H3;3-18H,1-2H3;3-16H,1-2H3;2-13H,1H3. The zero-order valence-electron chi connectivity index (χ0n) is 60.6. The van der Waals surface area contributed by atoms with Crippen LogP contribution in [-0.2, 0) is 0 Å². The first-order valence-electron chi connectivity index (χ1n) is 36.6. The Labute approximate surface area is 616 Å². The van der Waals surface area contributed by atoms with Crippen molar-refractivity contribution in [2.75, 3.05) is 0 Å². The van der Waals surface area contributed by atoms with Crippen molar-refractivity contribution in [1.82, 2.24) is 4.98 Å². The second kappa shape index (κ2) is 29.3. The second-order valence-corrected chi connectivity index (χ2v) is 28.2. The Balaban J connectivity index is 0.000000109. The van der Waals surface area contributed by atoms with Crippen molar-refractivity contribution >= 4 is 86.4 Å². The maximum Gasteiger partial charge on any atom is 0.0715 e. The quantitative estimate of drug-likeness (QED) is 0.145. The number of pyridine rings is 1. The van der Waals surface area contributed by atoms with Gasteiger partial charge in [0.2, 0.25) is 0 Å². The lowest BCUT2D eigenvalue weighted by molar-refractivity contribution is 1.46. The van der Waals surface area contributed by atoms with Crippen LogP contribution in [-0.4, -0.2) is 4.98 Å². The Morgan fingerprint density at radius 3 is 0.600 bits per heavy atom. The fraction of sp³-hybridized carbons (Fsp3) is 0.0673. The van der Waals surface area contributed by atoms with E-state index in [0.29, 0.717) is 0 Å². The number of nitrogens with zero attached hydrogens (tertiary/aromatic N) is 1.